The van der Waals surface area contributed by atoms with Gasteiger partial charge in [0, 0.05) is 0 Å². The molecular formula is C18H32N2O3Si. The molecule has 0 fully saturated rings. The molecule has 0 aromatic carbocycles. The van der Waals surface area contributed by atoms with Gasteiger partial charge in [0.2, 0.25) is 0 Å². The van der Waals surface area contributed by atoms with Crippen LogP contribution in [-0.4, -0.2) is 25.0 Å². The van der Waals surface area contributed by atoms with Crippen LogP contribution >= 0.6 is 0 Å². The number of amides is 1. The van der Waals surface area contributed by atoms with Crippen molar-refractivity contribution >= 4 is 20.1 Å². The fourth-order valence-electron chi connectivity index (χ4n) is 1.82. The topological polar surface area (TPSA) is 60.5 Å². The molecule has 1 unspecified atom stereocenters. The predicted molar refractivity (Wildman–Crippen MR) is 101 cm³/mol. The first-order valence-electron chi connectivity index (χ1n) is 8.35. The van der Waals surface area contributed by atoms with Crippen LogP contribution in [0.15, 0.2) is 18.3 Å². The molecule has 24 heavy (non-hydrogen) atoms. The average Bonchev–Trinajstić information content (AvgIpc) is 2.35. The summed E-state index contributed by atoms with van der Waals surface area (Å²) >= 11 is 0. The fraction of sp³-hybridized carbons (Fsp3) is 0.667. The van der Waals surface area contributed by atoms with E-state index < -0.39 is 20.0 Å². The molecule has 0 aliphatic carbocycles. The van der Waals surface area contributed by atoms with Gasteiger partial charge in [0.1, 0.15) is 5.60 Å². The van der Waals surface area contributed by atoms with E-state index in [4.69, 9.17) is 9.16 Å². The zero-order chi connectivity index (χ0) is 18.8. The third-order valence-electron chi connectivity index (χ3n) is 4.13. The number of nitrogens with one attached hydrogen (secondary N) is 1. The SMILES string of the molecule is CC(O[Si](C)(C)C(C)(C)C)c1ccc(NC(=O)OC(C)(C)C)cn1. The van der Waals surface area contributed by atoms with Crippen LogP contribution in [0.4, 0.5) is 10.5 Å². The standard InChI is InChI=1S/C18H32N2O3Si/c1-13(23-24(8,9)18(5,6)7)15-11-10-14(12-19-15)20-16(21)22-17(2,3)4/h10-13H,1-9H3,(H,20,21). The minimum atomic E-state index is -1.85. The Morgan fingerprint density at radius 2 is 1.75 bits per heavy atom. The molecule has 0 aliphatic heterocycles. The Morgan fingerprint density at radius 3 is 2.17 bits per heavy atom. The van der Waals surface area contributed by atoms with Gasteiger partial charge in [0.25, 0.3) is 0 Å². The van der Waals surface area contributed by atoms with Crippen LogP contribution in [-0.2, 0) is 9.16 Å². The molecule has 136 valence electrons. The highest BCUT2D eigenvalue weighted by atomic mass is 28.4. The molecule has 5 nitrogen and oxygen atoms in total. The zero-order valence-electron chi connectivity index (χ0n) is 16.5. The lowest BCUT2D eigenvalue weighted by molar-refractivity contribution is 0.0636. The number of pyridine rings is 1. The van der Waals surface area contributed by atoms with E-state index in [-0.39, 0.29) is 11.1 Å². The average molecular weight is 353 g/mol. The van der Waals surface area contributed by atoms with Crippen molar-refractivity contribution in [2.75, 3.05) is 5.32 Å². The Bertz CT molecular complexity index is 557. The first-order valence-corrected chi connectivity index (χ1v) is 11.3. The van der Waals surface area contributed by atoms with Gasteiger partial charge in [0.15, 0.2) is 8.32 Å². The minimum absolute atomic E-state index is 0.0820. The third kappa shape index (κ3) is 6.24. The van der Waals surface area contributed by atoms with Crippen LogP contribution in [0.5, 0.6) is 0 Å². The summed E-state index contributed by atoms with van der Waals surface area (Å²) in [6, 6.07) is 3.70. The van der Waals surface area contributed by atoms with Crippen molar-refractivity contribution in [2.24, 2.45) is 0 Å². The van der Waals surface area contributed by atoms with Crippen molar-refractivity contribution in [3.63, 3.8) is 0 Å². The maximum Gasteiger partial charge on any atom is 0.412 e. The van der Waals surface area contributed by atoms with E-state index in [0.717, 1.165) is 5.69 Å². The Hall–Kier alpha value is -1.40. The van der Waals surface area contributed by atoms with Crippen LogP contribution in [0.3, 0.4) is 0 Å². The number of ether oxygens (including phenoxy) is 1. The molecule has 1 N–H and O–H groups in total. The van der Waals surface area contributed by atoms with E-state index in [0.29, 0.717) is 5.69 Å². The predicted octanol–water partition coefficient (Wildman–Crippen LogP) is 5.51. The minimum Gasteiger partial charge on any atom is -0.444 e. The van der Waals surface area contributed by atoms with Gasteiger partial charge < -0.3 is 9.16 Å². The molecule has 1 heterocycles. The first kappa shape index (κ1) is 20.6. The highest BCUT2D eigenvalue weighted by molar-refractivity contribution is 6.74. The molecule has 1 rings (SSSR count). The number of rotatable bonds is 4. The molecule has 1 aromatic heterocycles. The molecule has 0 saturated heterocycles. The number of anilines is 1. The molecular weight excluding hydrogens is 320 g/mol. The first-order chi connectivity index (χ1) is 10.7. The summed E-state index contributed by atoms with van der Waals surface area (Å²) in [5, 5.41) is 2.83. The molecule has 1 aromatic rings. The molecule has 0 spiro atoms. The number of nitrogens with zero attached hydrogens (tertiary/aromatic N) is 1. The largest absolute Gasteiger partial charge is 0.444 e. The van der Waals surface area contributed by atoms with Crippen molar-refractivity contribution in [1.29, 1.82) is 0 Å². The highest BCUT2D eigenvalue weighted by Gasteiger charge is 2.38. The smallest absolute Gasteiger partial charge is 0.412 e. The Balaban J connectivity index is 2.72. The van der Waals surface area contributed by atoms with Gasteiger partial charge in [-0.1, -0.05) is 20.8 Å². The Labute approximate surface area is 147 Å². The summed E-state index contributed by atoms with van der Waals surface area (Å²) in [7, 11) is -1.85. The second-order valence-corrected chi connectivity index (χ2v) is 13.4. The van der Waals surface area contributed by atoms with Crippen LogP contribution < -0.4 is 5.32 Å². The number of carbonyl (C=O) groups is 1. The van der Waals surface area contributed by atoms with E-state index in [9.17, 15) is 4.79 Å². The van der Waals surface area contributed by atoms with Gasteiger partial charge in [-0.25, -0.2) is 4.79 Å². The maximum absolute atomic E-state index is 11.8. The lowest BCUT2D eigenvalue weighted by Crippen LogP contribution is -2.41. The lowest BCUT2D eigenvalue weighted by Gasteiger charge is -2.38. The van der Waals surface area contributed by atoms with Gasteiger partial charge in [-0.3, -0.25) is 10.3 Å². The van der Waals surface area contributed by atoms with Crippen molar-refractivity contribution < 1.29 is 14.0 Å². The molecule has 1 atom stereocenters. The van der Waals surface area contributed by atoms with Crippen LogP contribution in [0, 0.1) is 0 Å². The number of aromatic nitrogens is 1. The number of hydrogen-bond donors (Lipinski definition) is 1. The van der Waals surface area contributed by atoms with Gasteiger partial charge in [-0.05, 0) is 58.0 Å². The molecule has 0 bridgehead atoms. The van der Waals surface area contributed by atoms with E-state index in [2.05, 4.69) is 44.2 Å². The van der Waals surface area contributed by atoms with E-state index >= 15 is 0 Å². The second-order valence-electron chi connectivity index (χ2n) is 8.62. The van der Waals surface area contributed by atoms with Gasteiger partial charge in [0.05, 0.1) is 23.7 Å². The summed E-state index contributed by atoms with van der Waals surface area (Å²) in [6.07, 6.45) is 1.06. The van der Waals surface area contributed by atoms with Gasteiger partial charge >= 0.3 is 6.09 Å². The second kappa shape index (κ2) is 7.23. The molecule has 1 amide bonds. The maximum atomic E-state index is 11.8. The lowest BCUT2D eigenvalue weighted by atomic mass is 10.2. The van der Waals surface area contributed by atoms with E-state index in [1.54, 1.807) is 6.20 Å². The molecule has 6 heteroatoms. The van der Waals surface area contributed by atoms with Crippen molar-refractivity contribution in [2.45, 2.75) is 78.3 Å². The third-order valence-corrected chi connectivity index (χ3v) is 8.68. The highest BCUT2D eigenvalue weighted by Crippen LogP contribution is 2.39. The summed E-state index contributed by atoms with van der Waals surface area (Å²) < 4.78 is 11.6. The quantitative estimate of drug-likeness (QED) is 0.726. The molecule has 0 radical (unpaired) electrons. The van der Waals surface area contributed by atoms with E-state index in [1.807, 2.05) is 39.8 Å². The van der Waals surface area contributed by atoms with Crippen molar-refractivity contribution in [3.8, 4) is 0 Å². The number of carbonyl (C=O) groups excluding carboxylic acids is 1. The Kier molecular flexibility index (Phi) is 6.22. The van der Waals surface area contributed by atoms with Crippen LogP contribution in [0.2, 0.25) is 18.1 Å². The Morgan fingerprint density at radius 1 is 1.17 bits per heavy atom. The van der Waals surface area contributed by atoms with Crippen LogP contribution in [0.1, 0.15) is 60.3 Å². The molecule has 0 aliphatic rings. The van der Waals surface area contributed by atoms with Crippen LogP contribution in [0.25, 0.3) is 0 Å². The fourth-order valence-corrected chi connectivity index (χ4v) is 3.18. The van der Waals surface area contributed by atoms with Crippen molar-refractivity contribution in [3.05, 3.63) is 24.0 Å². The monoisotopic (exact) mass is 352 g/mol. The van der Waals surface area contributed by atoms with Gasteiger partial charge in [-0.2, -0.15) is 0 Å². The zero-order valence-corrected chi connectivity index (χ0v) is 17.5. The summed E-state index contributed by atoms with van der Waals surface area (Å²) in [5.41, 5.74) is 0.935. The van der Waals surface area contributed by atoms with Gasteiger partial charge in [-0.15, -0.1) is 0 Å². The van der Waals surface area contributed by atoms with Crippen molar-refractivity contribution in [1.82, 2.24) is 4.98 Å². The normalized spacial score (nSPS) is 14.2. The molecule has 0 saturated carbocycles. The summed E-state index contributed by atoms with van der Waals surface area (Å²) in [4.78, 5) is 16.2. The van der Waals surface area contributed by atoms with E-state index in [1.165, 1.54) is 0 Å². The number of hydrogen-bond acceptors (Lipinski definition) is 4. The summed E-state index contributed by atoms with van der Waals surface area (Å²) in [6.45, 7) is 18.6. The summed E-state index contributed by atoms with van der Waals surface area (Å²) in [5.74, 6) is 0.